The average Bonchev–Trinajstić information content (AvgIpc) is 3.09. The normalized spacial score (nSPS) is 12.5. The number of benzene rings is 6. The molecule has 46 heavy (non-hydrogen) atoms. The number of anilines is 6. The van der Waals surface area contributed by atoms with Crippen LogP contribution in [-0.4, -0.2) is 9.85 Å². The van der Waals surface area contributed by atoms with E-state index in [2.05, 4.69) is 0 Å². The van der Waals surface area contributed by atoms with E-state index in [0.29, 0.717) is 68.2 Å². The van der Waals surface area contributed by atoms with E-state index in [-0.39, 0.29) is 11.4 Å². The second-order valence-electron chi connectivity index (χ2n) is 10.7. The number of nitro benzene ring substituents is 2. The summed E-state index contributed by atoms with van der Waals surface area (Å²) in [4.78, 5) is 27.3. The van der Waals surface area contributed by atoms with Gasteiger partial charge < -0.3 is 19.3 Å². The zero-order chi connectivity index (χ0) is 31.4. The Bertz CT molecular complexity index is 1970. The summed E-state index contributed by atoms with van der Waals surface area (Å²) in [5.74, 6) is 2.33. The van der Waals surface area contributed by atoms with Crippen LogP contribution in [0.1, 0.15) is 0 Å². The van der Waals surface area contributed by atoms with Gasteiger partial charge in [-0.05, 0) is 60.7 Å². The summed E-state index contributed by atoms with van der Waals surface area (Å²) in [6, 6.07) is 39.2. The Morgan fingerprint density at radius 3 is 1.02 bits per heavy atom. The van der Waals surface area contributed by atoms with Crippen LogP contribution in [0.5, 0.6) is 23.0 Å². The van der Waals surface area contributed by atoms with E-state index in [1.54, 1.807) is 12.1 Å². The maximum atomic E-state index is 12.1. The van der Waals surface area contributed by atoms with Crippen molar-refractivity contribution < 1.29 is 19.3 Å². The van der Waals surface area contributed by atoms with Gasteiger partial charge in [0.2, 0.25) is 0 Å². The summed E-state index contributed by atoms with van der Waals surface area (Å²) in [5, 5.41) is 24.3. The van der Waals surface area contributed by atoms with Gasteiger partial charge in [0.1, 0.15) is 0 Å². The highest BCUT2D eigenvalue weighted by molar-refractivity contribution is 6.00. The zero-order valence-electron chi connectivity index (χ0n) is 23.9. The van der Waals surface area contributed by atoms with Crippen molar-refractivity contribution in [2.24, 2.45) is 0 Å². The molecule has 0 unspecified atom stereocenters. The number of hydrogen-bond donors (Lipinski definition) is 0. The van der Waals surface area contributed by atoms with Crippen LogP contribution in [-0.2, 0) is 0 Å². The highest BCUT2D eigenvalue weighted by atomic mass is 16.6. The van der Waals surface area contributed by atoms with Gasteiger partial charge in [0.15, 0.2) is 23.0 Å². The van der Waals surface area contributed by atoms with Crippen LogP contribution in [0.15, 0.2) is 133 Å². The van der Waals surface area contributed by atoms with Gasteiger partial charge in [-0.1, -0.05) is 48.5 Å². The third-order valence-electron chi connectivity index (χ3n) is 8.02. The van der Waals surface area contributed by atoms with Crippen LogP contribution in [0.3, 0.4) is 0 Å². The summed E-state index contributed by atoms with van der Waals surface area (Å²) in [6.07, 6.45) is 0. The van der Waals surface area contributed by atoms with Crippen LogP contribution in [0.4, 0.5) is 45.5 Å². The third-order valence-corrected chi connectivity index (χ3v) is 8.02. The Labute approximate surface area is 262 Å². The van der Waals surface area contributed by atoms with Crippen molar-refractivity contribution in [2.75, 3.05) is 9.80 Å². The molecule has 0 radical (unpaired) electrons. The molecule has 0 fully saturated rings. The first-order valence-electron chi connectivity index (χ1n) is 14.4. The minimum atomic E-state index is -0.434. The molecule has 2 aliphatic heterocycles. The highest BCUT2D eigenvalue weighted by Gasteiger charge is 2.32. The van der Waals surface area contributed by atoms with Crippen LogP contribution in [0.25, 0.3) is 11.1 Å². The number of rotatable bonds is 5. The molecule has 6 aromatic carbocycles. The zero-order valence-corrected chi connectivity index (χ0v) is 23.9. The summed E-state index contributed by atoms with van der Waals surface area (Å²) in [6.45, 7) is 0. The molecule has 2 heterocycles. The van der Waals surface area contributed by atoms with Gasteiger partial charge in [-0.25, -0.2) is 0 Å². The van der Waals surface area contributed by atoms with Gasteiger partial charge in [-0.15, -0.1) is 0 Å². The topological polar surface area (TPSA) is 111 Å². The Morgan fingerprint density at radius 2 is 0.717 bits per heavy atom. The molecule has 2 aliphatic rings. The molecule has 6 aromatic rings. The van der Waals surface area contributed by atoms with E-state index >= 15 is 0 Å². The van der Waals surface area contributed by atoms with Crippen LogP contribution >= 0.6 is 0 Å². The quantitative estimate of drug-likeness (QED) is 0.141. The van der Waals surface area contributed by atoms with Crippen LogP contribution < -0.4 is 19.3 Å². The van der Waals surface area contributed by atoms with E-state index in [0.717, 1.165) is 0 Å². The number of fused-ring (bicyclic) bond motifs is 4. The Hall–Kier alpha value is -6.68. The second-order valence-corrected chi connectivity index (χ2v) is 10.7. The Kier molecular flexibility index (Phi) is 6.14. The smallest absolute Gasteiger partial charge is 0.271 e. The van der Waals surface area contributed by atoms with Gasteiger partial charge >= 0.3 is 0 Å². The molecule has 10 heteroatoms. The molecular formula is C36H22N4O6. The molecule has 0 saturated carbocycles. The minimum absolute atomic E-state index is 0.106. The first-order chi connectivity index (χ1) is 22.5. The number of para-hydroxylation sites is 8. The number of nitrogens with zero attached hydrogens (tertiary/aromatic N) is 4. The van der Waals surface area contributed by atoms with E-state index < -0.39 is 9.85 Å². The molecule has 0 saturated heterocycles. The van der Waals surface area contributed by atoms with Crippen LogP contribution in [0, 0.1) is 20.2 Å². The largest absolute Gasteiger partial charge is 0.453 e. The number of non-ortho nitro benzene ring substituents is 2. The molecule has 0 aromatic heterocycles. The summed E-state index contributed by atoms with van der Waals surface area (Å²) >= 11 is 0. The summed E-state index contributed by atoms with van der Waals surface area (Å²) < 4.78 is 12.4. The van der Waals surface area contributed by atoms with Crippen molar-refractivity contribution in [3.8, 4) is 34.1 Å². The molecule has 0 aliphatic carbocycles. The van der Waals surface area contributed by atoms with E-state index in [4.69, 9.17) is 9.47 Å². The van der Waals surface area contributed by atoms with Crippen LogP contribution in [0.2, 0.25) is 0 Å². The van der Waals surface area contributed by atoms with Crippen molar-refractivity contribution in [2.45, 2.75) is 0 Å². The fourth-order valence-electron chi connectivity index (χ4n) is 6.02. The summed E-state index contributed by atoms with van der Waals surface area (Å²) in [7, 11) is 0. The van der Waals surface area contributed by atoms with Crippen molar-refractivity contribution in [3.05, 3.63) is 154 Å². The second kappa shape index (κ2) is 10.5. The van der Waals surface area contributed by atoms with Gasteiger partial charge in [-0.2, -0.15) is 0 Å². The van der Waals surface area contributed by atoms with Crippen molar-refractivity contribution in [3.63, 3.8) is 0 Å². The molecule has 10 nitrogen and oxygen atoms in total. The number of ether oxygens (including phenoxy) is 2. The fourth-order valence-corrected chi connectivity index (χ4v) is 6.02. The predicted octanol–water partition coefficient (Wildman–Crippen LogP) is 10.3. The van der Waals surface area contributed by atoms with Gasteiger partial charge in [0, 0.05) is 35.4 Å². The maximum Gasteiger partial charge on any atom is 0.271 e. The first kappa shape index (κ1) is 26.9. The standard InChI is InChI=1S/C36H22N4O6/c41-39(42)23-17-19-25(31(21-23)37-27-9-1-5-13-33(27)45-34-14-6-2-10-28(34)37)26-20-18-24(40(43)44)22-32(26)38-29-11-3-7-15-35(29)46-36-16-8-4-12-30(36)38/h1-22H. The number of nitro groups is 2. The molecule has 0 N–H and O–H groups in total. The lowest BCUT2D eigenvalue weighted by molar-refractivity contribution is -0.385. The molecule has 0 amide bonds. The van der Waals surface area contributed by atoms with Gasteiger partial charge in [0.05, 0.1) is 44.0 Å². The molecule has 222 valence electrons. The monoisotopic (exact) mass is 606 g/mol. The molecule has 0 spiro atoms. The van der Waals surface area contributed by atoms with Crippen molar-refractivity contribution in [1.82, 2.24) is 0 Å². The Balaban J connectivity index is 1.44. The average molecular weight is 607 g/mol. The third kappa shape index (κ3) is 4.27. The molecule has 0 bridgehead atoms. The first-order valence-corrected chi connectivity index (χ1v) is 14.4. The van der Waals surface area contributed by atoms with E-state index in [1.807, 2.05) is 107 Å². The summed E-state index contributed by atoms with van der Waals surface area (Å²) in [5.41, 5.74) is 4.77. The molecule has 8 rings (SSSR count). The fraction of sp³-hybridized carbons (Fsp3) is 0. The SMILES string of the molecule is O=[N+]([O-])c1ccc(-c2ccc([N+](=O)[O-])cc2N2c3ccccc3Oc3ccccc32)c(N2c3ccccc3Oc3ccccc32)c1. The number of hydrogen-bond acceptors (Lipinski definition) is 8. The van der Waals surface area contributed by atoms with E-state index in [1.165, 1.54) is 24.3 Å². The van der Waals surface area contributed by atoms with E-state index in [9.17, 15) is 20.2 Å². The van der Waals surface area contributed by atoms with Gasteiger partial charge in [-0.3, -0.25) is 20.2 Å². The highest BCUT2D eigenvalue weighted by Crippen LogP contribution is 2.56. The van der Waals surface area contributed by atoms with Crippen molar-refractivity contribution in [1.29, 1.82) is 0 Å². The molecule has 0 atom stereocenters. The minimum Gasteiger partial charge on any atom is -0.453 e. The molecular weight excluding hydrogens is 584 g/mol. The lowest BCUT2D eigenvalue weighted by Gasteiger charge is -2.36. The maximum absolute atomic E-state index is 12.1. The van der Waals surface area contributed by atoms with Gasteiger partial charge in [0.25, 0.3) is 11.4 Å². The lowest BCUT2D eigenvalue weighted by atomic mass is 9.97. The lowest BCUT2D eigenvalue weighted by Crippen LogP contribution is -2.18. The Morgan fingerprint density at radius 1 is 0.413 bits per heavy atom. The predicted molar refractivity (Wildman–Crippen MR) is 175 cm³/mol. The van der Waals surface area contributed by atoms with Crippen molar-refractivity contribution >= 4 is 45.5 Å².